The minimum Gasteiger partial charge on any atom is -0.393 e. The number of amides is 1. The number of thiocarbonyl (C=S) groups is 1. The molecule has 0 heterocycles. The van der Waals surface area contributed by atoms with Crippen LogP contribution in [0.15, 0.2) is 24.3 Å². The molecule has 0 aliphatic rings. The highest BCUT2D eigenvalue weighted by molar-refractivity contribution is 7.80. The highest BCUT2D eigenvalue weighted by Crippen LogP contribution is 2.27. The molecule has 1 rings (SSSR count). The van der Waals surface area contributed by atoms with Crippen molar-refractivity contribution in [3.63, 3.8) is 0 Å². The van der Waals surface area contributed by atoms with Gasteiger partial charge in [0.2, 0.25) is 0 Å². The second-order valence-electron chi connectivity index (χ2n) is 7.42. The fourth-order valence-corrected chi connectivity index (χ4v) is 2.89. The Morgan fingerprint density at radius 2 is 1.67 bits per heavy atom. The summed E-state index contributed by atoms with van der Waals surface area (Å²) in [5, 5.41) is 3.10. The number of nitrogens with two attached hydrogens (primary N) is 1. The van der Waals surface area contributed by atoms with Gasteiger partial charge in [-0.2, -0.15) is 0 Å². The van der Waals surface area contributed by atoms with Crippen LogP contribution in [0.25, 0.3) is 0 Å². The van der Waals surface area contributed by atoms with E-state index in [1.165, 1.54) is 0 Å². The number of carbonyl (C=O) groups excluding carboxylic acids is 1. The van der Waals surface area contributed by atoms with Crippen LogP contribution in [0.2, 0.25) is 0 Å². The third kappa shape index (κ3) is 6.71. The van der Waals surface area contributed by atoms with Crippen molar-refractivity contribution in [2.75, 3.05) is 0 Å². The summed E-state index contributed by atoms with van der Waals surface area (Å²) in [4.78, 5) is 12.8. The Morgan fingerprint density at radius 3 is 2.10 bits per heavy atom. The number of benzene rings is 1. The van der Waals surface area contributed by atoms with Gasteiger partial charge in [-0.25, -0.2) is 0 Å². The van der Waals surface area contributed by atoms with Gasteiger partial charge in [-0.3, -0.25) is 4.79 Å². The van der Waals surface area contributed by atoms with Gasteiger partial charge < -0.3 is 11.1 Å². The summed E-state index contributed by atoms with van der Waals surface area (Å²) in [6.45, 7) is 10.6. The van der Waals surface area contributed by atoms with E-state index in [1.54, 1.807) is 0 Å². The predicted molar refractivity (Wildman–Crippen MR) is 92.5 cm³/mol. The van der Waals surface area contributed by atoms with E-state index in [2.05, 4.69) is 39.9 Å². The summed E-state index contributed by atoms with van der Waals surface area (Å²) in [5.74, 6) is -0.0499. The van der Waals surface area contributed by atoms with Crippen LogP contribution in [-0.2, 0) is 6.42 Å². The van der Waals surface area contributed by atoms with E-state index in [1.807, 2.05) is 24.3 Å². The van der Waals surface area contributed by atoms with Crippen molar-refractivity contribution in [3.05, 3.63) is 35.4 Å². The lowest BCUT2D eigenvalue weighted by molar-refractivity contribution is 0.0891. The average Bonchev–Trinajstić information content (AvgIpc) is 2.24. The number of nitrogens with one attached hydrogen (secondary N) is 1. The van der Waals surface area contributed by atoms with Crippen LogP contribution < -0.4 is 11.1 Å². The highest BCUT2D eigenvalue weighted by atomic mass is 32.1. The van der Waals surface area contributed by atoms with E-state index in [0.717, 1.165) is 12.0 Å². The third-order valence-electron chi connectivity index (χ3n) is 3.02. The molecule has 0 aliphatic heterocycles. The lowest BCUT2D eigenvalue weighted by Crippen LogP contribution is -2.45. The van der Waals surface area contributed by atoms with Crippen LogP contribution >= 0.6 is 12.2 Å². The molecule has 1 aromatic carbocycles. The first kappa shape index (κ1) is 17.6. The molecule has 3 N–H and O–H groups in total. The molecule has 3 nitrogen and oxygen atoms in total. The number of carbonyl (C=O) groups is 1. The standard InChI is InChI=1S/C17H26N2OS/c1-16(2,3)11-17(4,5)19-15(20)13-8-6-12(7-9-13)10-14(18)21/h6-9H,10-11H2,1-5H3,(H2,18,21)(H,19,20). The summed E-state index contributed by atoms with van der Waals surface area (Å²) in [7, 11) is 0. The fraction of sp³-hybridized carbons (Fsp3) is 0.529. The summed E-state index contributed by atoms with van der Waals surface area (Å²) in [6, 6.07) is 7.42. The van der Waals surface area contributed by atoms with Crippen molar-refractivity contribution < 1.29 is 4.79 Å². The van der Waals surface area contributed by atoms with Crippen molar-refractivity contribution in [3.8, 4) is 0 Å². The normalized spacial score (nSPS) is 12.0. The van der Waals surface area contributed by atoms with Gasteiger partial charge in [0.05, 0.1) is 4.99 Å². The smallest absolute Gasteiger partial charge is 0.251 e. The second-order valence-corrected chi connectivity index (χ2v) is 7.94. The number of rotatable bonds is 5. The summed E-state index contributed by atoms with van der Waals surface area (Å²) >= 11 is 4.88. The molecule has 116 valence electrons. The molecule has 0 unspecified atom stereocenters. The first-order chi connectivity index (χ1) is 9.48. The lowest BCUT2D eigenvalue weighted by atomic mass is 9.81. The van der Waals surface area contributed by atoms with Crippen molar-refractivity contribution >= 4 is 23.1 Å². The van der Waals surface area contributed by atoms with Crippen LogP contribution in [0.5, 0.6) is 0 Å². The summed E-state index contributed by atoms with van der Waals surface area (Å²) in [6.07, 6.45) is 1.47. The van der Waals surface area contributed by atoms with Crippen LogP contribution in [0.1, 0.15) is 57.0 Å². The Balaban J connectivity index is 2.73. The molecule has 0 bridgehead atoms. The Morgan fingerprint density at radius 1 is 1.14 bits per heavy atom. The van der Waals surface area contributed by atoms with E-state index < -0.39 is 0 Å². The minimum absolute atomic E-state index is 0.0499. The topological polar surface area (TPSA) is 55.1 Å². The van der Waals surface area contributed by atoms with Gasteiger partial charge in [-0.15, -0.1) is 0 Å². The zero-order valence-corrected chi connectivity index (χ0v) is 14.4. The molecule has 0 aromatic heterocycles. The second kappa shape index (κ2) is 6.56. The quantitative estimate of drug-likeness (QED) is 0.819. The van der Waals surface area contributed by atoms with E-state index in [9.17, 15) is 4.79 Å². The largest absolute Gasteiger partial charge is 0.393 e. The van der Waals surface area contributed by atoms with Crippen molar-refractivity contribution in [1.82, 2.24) is 5.32 Å². The molecule has 4 heteroatoms. The average molecular weight is 306 g/mol. The highest BCUT2D eigenvalue weighted by Gasteiger charge is 2.27. The lowest BCUT2D eigenvalue weighted by Gasteiger charge is -2.33. The number of hydrogen-bond acceptors (Lipinski definition) is 2. The van der Waals surface area contributed by atoms with Gasteiger partial charge in [0.25, 0.3) is 5.91 Å². The van der Waals surface area contributed by atoms with Gasteiger partial charge in [-0.1, -0.05) is 45.1 Å². The molecule has 0 saturated heterocycles. The zero-order valence-electron chi connectivity index (χ0n) is 13.6. The van der Waals surface area contributed by atoms with E-state index >= 15 is 0 Å². The van der Waals surface area contributed by atoms with Crippen molar-refractivity contribution in [1.29, 1.82) is 0 Å². The van der Waals surface area contributed by atoms with Crippen LogP contribution in [0.3, 0.4) is 0 Å². The Labute approximate surface area is 133 Å². The van der Waals surface area contributed by atoms with Gasteiger partial charge in [0.15, 0.2) is 0 Å². The molecule has 1 aromatic rings. The molecular weight excluding hydrogens is 280 g/mol. The third-order valence-corrected chi connectivity index (χ3v) is 3.16. The SMILES string of the molecule is CC(C)(C)CC(C)(C)NC(=O)c1ccc(CC(N)=S)cc1. The van der Waals surface area contributed by atoms with Gasteiger partial charge >= 0.3 is 0 Å². The summed E-state index contributed by atoms with van der Waals surface area (Å²) in [5.41, 5.74) is 7.11. The molecular formula is C17H26N2OS. The van der Waals surface area contributed by atoms with Crippen molar-refractivity contribution in [2.24, 2.45) is 11.1 Å². The maximum absolute atomic E-state index is 12.3. The molecule has 1 amide bonds. The summed E-state index contributed by atoms with van der Waals surface area (Å²) < 4.78 is 0. The predicted octanol–water partition coefficient (Wildman–Crippen LogP) is 3.46. The van der Waals surface area contributed by atoms with Gasteiger partial charge in [-0.05, 0) is 43.4 Å². The molecule has 0 fully saturated rings. The van der Waals surface area contributed by atoms with E-state index in [4.69, 9.17) is 18.0 Å². The Kier molecular flexibility index (Phi) is 5.51. The first-order valence-electron chi connectivity index (χ1n) is 7.18. The fourth-order valence-electron chi connectivity index (χ4n) is 2.72. The molecule has 0 radical (unpaired) electrons. The Hall–Kier alpha value is -1.42. The molecule has 0 aliphatic carbocycles. The molecule has 0 saturated carbocycles. The Bertz CT molecular complexity index is 513. The van der Waals surface area contributed by atoms with E-state index in [-0.39, 0.29) is 16.9 Å². The monoisotopic (exact) mass is 306 g/mol. The van der Waals surface area contributed by atoms with Gasteiger partial charge in [0.1, 0.15) is 0 Å². The molecule has 21 heavy (non-hydrogen) atoms. The molecule has 0 atom stereocenters. The van der Waals surface area contributed by atoms with Crippen LogP contribution in [0.4, 0.5) is 0 Å². The maximum atomic E-state index is 12.3. The van der Waals surface area contributed by atoms with E-state index in [0.29, 0.717) is 17.0 Å². The van der Waals surface area contributed by atoms with Crippen LogP contribution in [0, 0.1) is 5.41 Å². The van der Waals surface area contributed by atoms with Crippen LogP contribution in [-0.4, -0.2) is 16.4 Å². The maximum Gasteiger partial charge on any atom is 0.251 e. The number of hydrogen-bond donors (Lipinski definition) is 2. The zero-order chi connectivity index (χ0) is 16.3. The molecule has 0 spiro atoms. The van der Waals surface area contributed by atoms with Crippen molar-refractivity contribution in [2.45, 2.75) is 53.0 Å². The first-order valence-corrected chi connectivity index (χ1v) is 7.59. The van der Waals surface area contributed by atoms with Gasteiger partial charge in [0, 0.05) is 17.5 Å². The minimum atomic E-state index is -0.243.